The van der Waals surface area contributed by atoms with Crippen molar-refractivity contribution in [1.29, 1.82) is 0 Å². The zero-order valence-corrected chi connectivity index (χ0v) is 17.2. The van der Waals surface area contributed by atoms with E-state index < -0.39 is 0 Å². The van der Waals surface area contributed by atoms with Crippen molar-refractivity contribution in [1.82, 2.24) is 9.97 Å². The SMILES string of the molecule is CCN(CC)c1ccc(NC(=O)c2cnc(N3CCCCCC3)cn2)c(C)c1. The smallest absolute Gasteiger partial charge is 0.275 e. The lowest BCUT2D eigenvalue weighted by Gasteiger charge is -2.22. The Kier molecular flexibility index (Phi) is 6.85. The highest BCUT2D eigenvalue weighted by Gasteiger charge is 2.14. The Morgan fingerprint density at radius 3 is 2.36 bits per heavy atom. The molecule has 1 fully saturated rings. The molecule has 0 bridgehead atoms. The van der Waals surface area contributed by atoms with E-state index in [1.807, 2.05) is 19.1 Å². The van der Waals surface area contributed by atoms with Crippen molar-refractivity contribution in [2.45, 2.75) is 46.5 Å². The van der Waals surface area contributed by atoms with Gasteiger partial charge in [0.15, 0.2) is 0 Å². The minimum atomic E-state index is -0.228. The van der Waals surface area contributed by atoms with Crippen LogP contribution in [-0.4, -0.2) is 42.1 Å². The standard InChI is InChI=1S/C22H31N5O/c1-4-26(5-2)18-10-11-19(17(3)14-18)25-22(28)20-15-24-21(16-23-20)27-12-8-6-7-9-13-27/h10-11,14-16H,4-9,12-13H2,1-3H3,(H,25,28). The molecule has 1 amide bonds. The van der Waals surface area contributed by atoms with E-state index in [1.165, 1.54) is 31.4 Å². The number of anilines is 3. The number of aryl methyl sites for hydroxylation is 1. The number of rotatable bonds is 6. The summed E-state index contributed by atoms with van der Waals surface area (Å²) in [6.07, 6.45) is 8.22. The lowest BCUT2D eigenvalue weighted by Crippen LogP contribution is -2.25. The Morgan fingerprint density at radius 1 is 1.07 bits per heavy atom. The maximum atomic E-state index is 12.6. The summed E-state index contributed by atoms with van der Waals surface area (Å²) in [6.45, 7) is 10.2. The number of nitrogens with zero attached hydrogens (tertiary/aromatic N) is 4. The average Bonchev–Trinajstić information content (AvgIpc) is 3.00. The highest BCUT2D eigenvalue weighted by Crippen LogP contribution is 2.23. The van der Waals surface area contributed by atoms with Gasteiger partial charge in [0.2, 0.25) is 0 Å². The maximum absolute atomic E-state index is 12.6. The van der Waals surface area contributed by atoms with Crippen LogP contribution in [0.2, 0.25) is 0 Å². The van der Waals surface area contributed by atoms with Crippen LogP contribution in [0.15, 0.2) is 30.6 Å². The Morgan fingerprint density at radius 2 is 1.79 bits per heavy atom. The number of aromatic nitrogens is 2. The quantitative estimate of drug-likeness (QED) is 0.810. The molecule has 1 N–H and O–H groups in total. The molecule has 0 spiro atoms. The van der Waals surface area contributed by atoms with Gasteiger partial charge in [-0.15, -0.1) is 0 Å². The minimum absolute atomic E-state index is 0.228. The fraction of sp³-hybridized carbons (Fsp3) is 0.500. The first-order valence-electron chi connectivity index (χ1n) is 10.4. The Labute approximate surface area is 168 Å². The van der Waals surface area contributed by atoms with Crippen LogP contribution in [-0.2, 0) is 0 Å². The monoisotopic (exact) mass is 381 g/mol. The van der Waals surface area contributed by atoms with Gasteiger partial charge in [-0.3, -0.25) is 4.79 Å². The van der Waals surface area contributed by atoms with Gasteiger partial charge in [-0.1, -0.05) is 12.8 Å². The second kappa shape index (κ2) is 9.53. The number of carbonyl (C=O) groups is 1. The third kappa shape index (κ3) is 4.80. The molecular formula is C22H31N5O. The molecule has 0 radical (unpaired) electrons. The second-order valence-corrected chi connectivity index (χ2v) is 7.29. The number of amides is 1. The van der Waals surface area contributed by atoms with Crippen LogP contribution in [0.3, 0.4) is 0 Å². The normalized spacial score (nSPS) is 14.5. The first kappa shape index (κ1) is 20.1. The topological polar surface area (TPSA) is 61.4 Å². The van der Waals surface area contributed by atoms with Gasteiger partial charge >= 0.3 is 0 Å². The van der Waals surface area contributed by atoms with Gasteiger partial charge in [-0.25, -0.2) is 9.97 Å². The molecule has 0 saturated carbocycles. The van der Waals surface area contributed by atoms with E-state index in [2.05, 4.69) is 45.0 Å². The molecule has 2 aromatic rings. The van der Waals surface area contributed by atoms with Crippen molar-refractivity contribution >= 4 is 23.1 Å². The summed E-state index contributed by atoms with van der Waals surface area (Å²) in [6, 6.07) is 6.11. The first-order valence-corrected chi connectivity index (χ1v) is 10.4. The van der Waals surface area contributed by atoms with Crippen LogP contribution in [0.5, 0.6) is 0 Å². The zero-order chi connectivity index (χ0) is 19.9. The van der Waals surface area contributed by atoms with Gasteiger partial charge in [0.25, 0.3) is 5.91 Å². The summed E-state index contributed by atoms with van der Waals surface area (Å²) < 4.78 is 0. The van der Waals surface area contributed by atoms with Gasteiger partial charge in [-0.2, -0.15) is 0 Å². The van der Waals surface area contributed by atoms with Crippen molar-refractivity contribution in [3.05, 3.63) is 41.9 Å². The minimum Gasteiger partial charge on any atom is -0.372 e. The fourth-order valence-corrected chi connectivity index (χ4v) is 3.66. The third-order valence-electron chi connectivity index (χ3n) is 5.39. The molecule has 0 atom stereocenters. The predicted molar refractivity (Wildman–Crippen MR) is 115 cm³/mol. The summed E-state index contributed by atoms with van der Waals surface area (Å²) >= 11 is 0. The summed E-state index contributed by atoms with van der Waals surface area (Å²) in [7, 11) is 0. The molecule has 0 unspecified atom stereocenters. The molecule has 2 heterocycles. The second-order valence-electron chi connectivity index (χ2n) is 7.29. The Hall–Kier alpha value is -2.63. The molecule has 3 rings (SSSR count). The molecule has 28 heavy (non-hydrogen) atoms. The van der Waals surface area contributed by atoms with Gasteiger partial charge in [0, 0.05) is 37.6 Å². The Bertz CT molecular complexity index is 778. The predicted octanol–water partition coefficient (Wildman–Crippen LogP) is 4.26. The molecule has 6 heteroatoms. The van der Waals surface area contributed by atoms with Crippen molar-refractivity contribution in [2.24, 2.45) is 0 Å². The zero-order valence-electron chi connectivity index (χ0n) is 17.2. The van der Waals surface area contributed by atoms with Crippen molar-refractivity contribution in [3.8, 4) is 0 Å². The van der Waals surface area contributed by atoms with E-state index in [-0.39, 0.29) is 5.91 Å². The van der Waals surface area contributed by atoms with E-state index in [1.54, 1.807) is 12.4 Å². The van der Waals surface area contributed by atoms with E-state index in [9.17, 15) is 4.79 Å². The molecule has 1 aromatic heterocycles. The molecule has 1 aliphatic rings. The number of benzene rings is 1. The fourth-order valence-electron chi connectivity index (χ4n) is 3.66. The largest absolute Gasteiger partial charge is 0.372 e. The maximum Gasteiger partial charge on any atom is 0.275 e. The lowest BCUT2D eigenvalue weighted by atomic mass is 10.1. The highest BCUT2D eigenvalue weighted by molar-refractivity contribution is 6.03. The van der Waals surface area contributed by atoms with Gasteiger partial charge in [0.1, 0.15) is 11.5 Å². The van der Waals surface area contributed by atoms with Crippen LogP contribution >= 0.6 is 0 Å². The number of hydrogen-bond donors (Lipinski definition) is 1. The number of hydrogen-bond acceptors (Lipinski definition) is 5. The van der Waals surface area contributed by atoms with Crippen LogP contribution in [0, 0.1) is 6.92 Å². The van der Waals surface area contributed by atoms with Crippen LogP contribution < -0.4 is 15.1 Å². The molecule has 1 aliphatic heterocycles. The van der Waals surface area contributed by atoms with Crippen molar-refractivity contribution in [3.63, 3.8) is 0 Å². The summed E-state index contributed by atoms with van der Waals surface area (Å²) in [5.41, 5.74) is 3.35. The average molecular weight is 382 g/mol. The molecule has 1 aromatic carbocycles. The number of carbonyl (C=O) groups excluding carboxylic acids is 1. The molecule has 1 saturated heterocycles. The molecule has 0 aliphatic carbocycles. The Balaban J connectivity index is 1.67. The van der Waals surface area contributed by atoms with E-state index in [0.717, 1.165) is 43.2 Å². The molecular weight excluding hydrogens is 350 g/mol. The van der Waals surface area contributed by atoms with E-state index in [4.69, 9.17) is 0 Å². The van der Waals surface area contributed by atoms with Gasteiger partial charge in [0.05, 0.1) is 12.4 Å². The van der Waals surface area contributed by atoms with Crippen LogP contribution in [0.4, 0.5) is 17.2 Å². The number of nitrogens with one attached hydrogen (secondary N) is 1. The highest BCUT2D eigenvalue weighted by atomic mass is 16.1. The first-order chi connectivity index (χ1) is 13.6. The van der Waals surface area contributed by atoms with Crippen LogP contribution in [0.25, 0.3) is 0 Å². The van der Waals surface area contributed by atoms with E-state index >= 15 is 0 Å². The van der Waals surface area contributed by atoms with Crippen molar-refractivity contribution in [2.75, 3.05) is 41.3 Å². The molecule has 150 valence electrons. The van der Waals surface area contributed by atoms with Gasteiger partial charge in [-0.05, 0) is 57.4 Å². The molecule has 6 nitrogen and oxygen atoms in total. The summed E-state index contributed by atoms with van der Waals surface area (Å²) in [5.74, 6) is 0.631. The third-order valence-corrected chi connectivity index (χ3v) is 5.39. The summed E-state index contributed by atoms with van der Waals surface area (Å²) in [4.78, 5) is 26.0. The van der Waals surface area contributed by atoms with Gasteiger partial charge < -0.3 is 15.1 Å². The van der Waals surface area contributed by atoms with Crippen molar-refractivity contribution < 1.29 is 4.79 Å². The summed E-state index contributed by atoms with van der Waals surface area (Å²) in [5, 5.41) is 2.96. The van der Waals surface area contributed by atoms with Crippen LogP contribution in [0.1, 0.15) is 55.6 Å². The van der Waals surface area contributed by atoms with E-state index in [0.29, 0.717) is 5.69 Å². The lowest BCUT2D eigenvalue weighted by molar-refractivity contribution is 0.102.